The third-order valence-electron chi connectivity index (χ3n) is 3.20. The summed E-state index contributed by atoms with van der Waals surface area (Å²) in [5, 5.41) is 5.24. The van der Waals surface area contributed by atoms with E-state index in [0.29, 0.717) is 19.4 Å². The summed E-state index contributed by atoms with van der Waals surface area (Å²) < 4.78 is 13.6. The van der Waals surface area contributed by atoms with E-state index < -0.39 is 25.6 Å². The van der Waals surface area contributed by atoms with Gasteiger partial charge in [-0.25, -0.2) is 5.09 Å². The number of carbonyl (C=O) groups is 2. The van der Waals surface area contributed by atoms with Crippen LogP contribution in [-0.2, 0) is 14.2 Å². The van der Waals surface area contributed by atoms with Crippen molar-refractivity contribution in [1.29, 1.82) is 0 Å². The molecule has 1 rings (SSSR count). The van der Waals surface area contributed by atoms with Gasteiger partial charge in [0.05, 0.1) is 6.04 Å². The van der Waals surface area contributed by atoms with Crippen LogP contribution in [0.15, 0.2) is 0 Å². The topological polar surface area (TPSA) is 131 Å². The van der Waals surface area contributed by atoms with Crippen LogP contribution < -0.4 is 21.6 Å². The molecular formula is C11H24N5O3PS. The molecular weight excluding hydrogens is 313 g/mol. The number of nitrogens with two attached hydrogens (primary N) is 2. The molecule has 0 spiro atoms. The summed E-state index contributed by atoms with van der Waals surface area (Å²) in [6, 6.07) is -1.53. The smallest absolute Gasteiger partial charge is 0.306 e. The van der Waals surface area contributed by atoms with Crippen LogP contribution in [0.5, 0.6) is 0 Å². The number of nitrogens with zero attached hydrogens (tertiary/aromatic N) is 1. The Morgan fingerprint density at radius 1 is 1.62 bits per heavy atom. The second-order valence-electron chi connectivity index (χ2n) is 4.99. The van der Waals surface area contributed by atoms with Gasteiger partial charge in [0.2, 0.25) is 11.8 Å². The highest BCUT2D eigenvalue weighted by molar-refractivity contribution is 7.80. The molecule has 0 saturated carbocycles. The number of hydrogen-bond donors (Lipinski definition) is 5. The van der Waals surface area contributed by atoms with Crippen molar-refractivity contribution in [2.75, 3.05) is 18.8 Å². The van der Waals surface area contributed by atoms with Crippen LogP contribution in [-0.4, -0.2) is 47.4 Å². The zero-order valence-corrected chi connectivity index (χ0v) is 13.9. The van der Waals surface area contributed by atoms with E-state index in [4.69, 9.17) is 11.2 Å². The molecule has 0 aromatic rings. The molecule has 1 fully saturated rings. The number of carbonyl (C=O) groups excluding carboxylic acids is 2. The number of amides is 2. The van der Waals surface area contributed by atoms with E-state index in [1.807, 2.05) is 6.92 Å². The van der Waals surface area contributed by atoms with Crippen LogP contribution in [0.3, 0.4) is 0 Å². The van der Waals surface area contributed by atoms with Gasteiger partial charge in [0.25, 0.3) is 0 Å². The predicted octanol–water partition coefficient (Wildman–Crippen LogP) is -0.583. The largest absolute Gasteiger partial charge is 0.355 e. The van der Waals surface area contributed by atoms with Gasteiger partial charge in [0.1, 0.15) is 6.04 Å². The molecule has 2 amide bonds. The van der Waals surface area contributed by atoms with E-state index in [1.54, 1.807) is 0 Å². The van der Waals surface area contributed by atoms with Gasteiger partial charge in [0, 0.05) is 18.8 Å². The third kappa shape index (κ3) is 4.96. The molecule has 0 aromatic heterocycles. The SMILES string of the molecule is CCCNC(=O)C(CS)NP(N)(=O)N1CCC[C@H](N)C1=O. The molecule has 2 unspecified atom stereocenters. The number of rotatable bonds is 7. The lowest BCUT2D eigenvalue weighted by molar-refractivity contribution is -0.130. The Kier molecular flexibility index (Phi) is 7.15. The first-order valence-electron chi connectivity index (χ1n) is 6.96. The number of thiol groups is 1. The molecule has 3 atom stereocenters. The van der Waals surface area contributed by atoms with Gasteiger partial charge in [-0.3, -0.25) is 24.3 Å². The van der Waals surface area contributed by atoms with E-state index in [1.165, 1.54) is 0 Å². The van der Waals surface area contributed by atoms with Crippen LogP contribution >= 0.6 is 20.2 Å². The number of hydrogen-bond acceptors (Lipinski definition) is 5. The summed E-state index contributed by atoms with van der Waals surface area (Å²) in [6.07, 6.45) is 1.95. The highest BCUT2D eigenvalue weighted by Gasteiger charge is 2.38. The van der Waals surface area contributed by atoms with E-state index in [-0.39, 0.29) is 18.2 Å². The van der Waals surface area contributed by atoms with Crippen molar-refractivity contribution >= 4 is 32.0 Å². The molecule has 8 nitrogen and oxygen atoms in total. The maximum Gasteiger partial charge on any atom is 0.306 e. The zero-order chi connectivity index (χ0) is 16.0. The Balaban J connectivity index is 2.74. The maximum absolute atomic E-state index is 12.6. The van der Waals surface area contributed by atoms with Gasteiger partial charge in [-0.2, -0.15) is 12.6 Å². The fraction of sp³-hybridized carbons (Fsp3) is 0.818. The Labute approximate surface area is 130 Å². The summed E-state index contributed by atoms with van der Waals surface area (Å²) in [6.45, 7) is 2.70. The first-order chi connectivity index (χ1) is 9.83. The van der Waals surface area contributed by atoms with Crippen LogP contribution in [0.4, 0.5) is 0 Å². The Hall–Kier alpha value is -0.600. The minimum Gasteiger partial charge on any atom is -0.355 e. The summed E-state index contributed by atoms with van der Waals surface area (Å²) in [5.41, 5.74) is 11.4. The van der Waals surface area contributed by atoms with Crippen molar-refractivity contribution in [2.45, 2.75) is 38.3 Å². The fourth-order valence-corrected chi connectivity index (χ4v) is 4.10. The monoisotopic (exact) mass is 337 g/mol. The molecule has 1 aliphatic heterocycles. The lowest BCUT2D eigenvalue weighted by Gasteiger charge is -2.35. The van der Waals surface area contributed by atoms with Crippen LogP contribution in [0.25, 0.3) is 0 Å². The summed E-state index contributed by atoms with van der Waals surface area (Å²) in [7, 11) is -3.68. The molecule has 10 heteroatoms. The van der Waals surface area contributed by atoms with E-state index in [0.717, 1.165) is 11.1 Å². The van der Waals surface area contributed by atoms with Gasteiger partial charge < -0.3 is 11.1 Å². The van der Waals surface area contributed by atoms with Gasteiger partial charge >= 0.3 is 7.59 Å². The summed E-state index contributed by atoms with van der Waals surface area (Å²) >= 11 is 4.06. The average Bonchev–Trinajstić information content (AvgIpc) is 2.44. The Morgan fingerprint density at radius 3 is 2.86 bits per heavy atom. The highest BCUT2D eigenvalue weighted by atomic mass is 32.1. The summed E-state index contributed by atoms with van der Waals surface area (Å²) in [4.78, 5) is 23.9. The minimum atomic E-state index is -3.68. The van der Waals surface area contributed by atoms with E-state index in [9.17, 15) is 14.2 Å². The van der Waals surface area contributed by atoms with Crippen LogP contribution in [0, 0.1) is 0 Å². The average molecular weight is 337 g/mol. The van der Waals surface area contributed by atoms with E-state index in [2.05, 4.69) is 23.0 Å². The first kappa shape index (κ1) is 18.4. The number of nitrogens with one attached hydrogen (secondary N) is 2. The first-order valence-corrected chi connectivity index (χ1v) is 9.32. The van der Waals surface area contributed by atoms with Gasteiger partial charge in [-0.15, -0.1) is 0 Å². The molecule has 1 aliphatic rings. The quantitative estimate of drug-likeness (QED) is 0.312. The number of piperidine rings is 1. The molecule has 1 heterocycles. The van der Waals surface area contributed by atoms with Crippen molar-refractivity contribution in [1.82, 2.24) is 15.1 Å². The van der Waals surface area contributed by atoms with E-state index >= 15 is 0 Å². The van der Waals surface area contributed by atoms with Crippen LogP contribution in [0.1, 0.15) is 26.2 Å². The Morgan fingerprint density at radius 2 is 2.29 bits per heavy atom. The second-order valence-corrected chi connectivity index (χ2v) is 7.34. The molecule has 0 aromatic carbocycles. The van der Waals surface area contributed by atoms with Crippen molar-refractivity contribution in [2.24, 2.45) is 11.2 Å². The van der Waals surface area contributed by atoms with Gasteiger partial charge in [0.15, 0.2) is 0 Å². The lowest BCUT2D eigenvalue weighted by atomic mass is 10.1. The maximum atomic E-state index is 12.6. The molecule has 0 bridgehead atoms. The van der Waals surface area contributed by atoms with Crippen LogP contribution in [0.2, 0.25) is 0 Å². The van der Waals surface area contributed by atoms with Gasteiger partial charge in [-0.1, -0.05) is 6.92 Å². The minimum absolute atomic E-state index is 0.116. The molecule has 1 saturated heterocycles. The zero-order valence-electron chi connectivity index (χ0n) is 12.1. The highest BCUT2D eigenvalue weighted by Crippen LogP contribution is 2.39. The standard InChI is InChI=1S/C11H24N5O3PS/c1-2-5-14-10(17)9(7-21)15-20(13,19)16-6-3-4-8(12)11(16)18/h8-9,21H,2-7,12H2,1H3,(H,14,17)(H3,13,15,19)/t8-,9?,20?/m0/s1. The van der Waals surface area contributed by atoms with Crippen molar-refractivity contribution in [3.63, 3.8) is 0 Å². The van der Waals surface area contributed by atoms with Gasteiger partial charge in [-0.05, 0) is 19.3 Å². The molecule has 21 heavy (non-hydrogen) atoms. The van der Waals surface area contributed by atoms with Crippen molar-refractivity contribution in [3.8, 4) is 0 Å². The summed E-state index contributed by atoms with van der Waals surface area (Å²) in [5.74, 6) is -0.678. The lowest BCUT2D eigenvalue weighted by Crippen LogP contribution is -2.53. The molecule has 122 valence electrons. The normalized spacial score (nSPS) is 23.5. The van der Waals surface area contributed by atoms with Crippen molar-refractivity contribution in [3.05, 3.63) is 0 Å². The third-order valence-corrected chi connectivity index (χ3v) is 5.37. The van der Waals surface area contributed by atoms with Crippen molar-refractivity contribution < 1.29 is 14.2 Å². The second kappa shape index (κ2) is 8.14. The molecule has 0 radical (unpaired) electrons. The predicted molar refractivity (Wildman–Crippen MR) is 84.8 cm³/mol. The fourth-order valence-electron chi connectivity index (χ4n) is 2.03. The molecule has 6 N–H and O–H groups in total. The Bertz CT molecular complexity index is 436. The molecule has 0 aliphatic carbocycles.